The van der Waals surface area contributed by atoms with Crippen LogP contribution in [-0.4, -0.2) is 21.6 Å². The minimum atomic E-state index is -0.915. The third-order valence-corrected chi connectivity index (χ3v) is 2.13. The van der Waals surface area contributed by atoms with Crippen molar-refractivity contribution in [2.24, 2.45) is 0 Å². The number of aryl methyl sites for hydroxylation is 1. The lowest BCUT2D eigenvalue weighted by molar-refractivity contribution is 0.0696. The van der Waals surface area contributed by atoms with E-state index in [0.29, 0.717) is 5.82 Å². The Balaban J connectivity index is 3.07. The summed E-state index contributed by atoms with van der Waals surface area (Å²) in [5.74, 6) is -0.289. The molecule has 4 nitrogen and oxygen atoms in total. The van der Waals surface area contributed by atoms with Crippen molar-refractivity contribution in [3.63, 3.8) is 0 Å². The van der Waals surface area contributed by atoms with Crippen LogP contribution in [0.25, 0.3) is 0 Å². The van der Waals surface area contributed by atoms with Crippen molar-refractivity contribution in [2.75, 3.05) is 5.32 Å². The summed E-state index contributed by atoms with van der Waals surface area (Å²) in [5.41, 5.74) is 0.975. The lowest BCUT2D eigenvalue weighted by Crippen LogP contribution is -2.27. The normalized spacial score (nSPS) is 11.3. The first-order valence-electron chi connectivity index (χ1n) is 5.84. The number of hydrogen-bond donors (Lipinski definition) is 2. The summed E-state index contributed by atoms with van der Waals surface area (Å²) in [4.78, 5) is 15.4. The maximum atomic E-state index is 11.0. The van der Waals surface area contributed by atoms with E-state index in [1.54, 1.807) is 12.1 Å². The molecule has 0 fully saturated rings. The highest BCUT2D eigenvalue weighted by atomic mass is 16.4. The van der Waals surface area contributed by atoms with Crippen molar-refractivity contribution in [3.8, 4) is 0 Å². The summed E-state index contributed by atoms with van der Waals surface area (Å²) >= 11 is 0. The Morgan fingerprint density at radius 3 is 2.53 bits per heavy atom. The van der Waals surface area contributed by atoms with Gasteiger partial charge in [-0.2, -0.15) is 0 Å². The van der Waals surface area contributed by atoms with Crippen molar-refractivity contribution >= 4 is 11.8 Å². The summed E-state index contributed by atoms with van der Waals surface area (Å²) in [5, 5.41) is 12.2. The van der Waals surface area contributed by atoms with Gasteiger partial charge in [-0.05, 0) is 39.3 Å². The second-order valence-corrected chi connectivity index (χ2v) is 5.16. The van der Waals surface area contributed by atoms with E-state index in [1.807, 2.05) is 27.7 Å². The minimum Gasteiger partial charge on any atom is -0.478 e. The second kappa shape index (κ2) is 5.17. The number of nitrogens with one attached hydrogen (secondary N) is 1. The molecule has 2 N–H and O–H groups in total. The molecule has 0 unspecified atom stereocenters. The molecule has 0 saturated carbocycles. The molecule has 0 aliphatic carbocycles. The molecule has 0 saturated heterocycles. The highest BCUT2D eigenvalue weighted by molar-refractivity contribution is 5.88. The molecule has 0 atom stereocenters. The van der Waals surface area contributed by atoms with Gasteiger partial charge in [0.1, 0.15) is 5.82 Å². The maximum Gasteiger partial charge on any atom is 0.335 e. The van der Waals surface area contributed by atoms with Crippen LogP contribution in [0.5, 0.6) is 0 Å². The van der Waals surface area contributed by atoms with Crippen molar-refractivity contribution in [3.05, 3.63) is 23.4 Å². The van der Waals surface area contributed by atoms with Gasteiger partial charge in [-0.3, -0.25) is 0 Å². The van der Waals surface area contributed by atoms with Crippen LogP contribution in [0.3, 0.4) is 0 Å². The Morgan fingerprint density at radius 1 is 1.41 bits per heavy atom. The number of carboxylic acid groups (broad SMARTS) is 1. The molecule has 17 heavy (non-hydrogen) atoms. The van der Waals surface area contributed by atoms with Gasteiger partial charge in [0, 0.05) is 11.2 Å². The Hall–Kier alpha value is -1.58. The number of pyridine rings is 1. The van der Waals surface area contributed by atoms with Crippen LogP contribution in [0.2, 0.25) is 0 Å². The van der Waals surface area contributed by atoms with Crippen molar-refractivity contribution in [1.29, 1.82) is 0 Å². The zero-order chi connectivity index (χ0) is 13.1. The van der Waals surface area contributed by atoms with Crippen molar-refractivity contribution in [1.82, 2.24) is 4.98 Å². The van der Waals surface area contributed by atoms with E-state index in [0.717, 1.165) is 18.5 Å². The quantitative estimate of drug-likeness (QED) is 0.843. The van der Waals surface area contributed by atoms with Crippen LogP contribution in [-0.2, 0) is 6.42 Å². The largest absolute Gasteiger partial charge is 0.478 e. The fraction of sp³-hybridized carbons (Fsp3) is 0.538. The third-order valence-electron chi connectivity index (χ3n) is 2.13. The van der Waals surface area contributed by atoms with Crippen molar-refractivity contribution < 1.29 is 9.90 Å². The van der Waals surface area contributed by atoms with Gasteiger partial charge < -0.3 is 10.4 Å². The third kappa shape index (κ3) is 4.43. The molecule has 4 heteroatoms. The highest BCUT2D eigenvalue weighted by Gasteiger charge is 2.13. The summed E-state index contributed by atoms with van der Waals surface area (Å²) < 4.78 is 0. The van der Waals surface area contributed by atoms with Gasteiger partial charge in [-0.25, -0.2) is 9.78 Å². The number of hydrogen-bond acceptors (Lipinski definition) is 3. The van der Waals surface area contributed by atoms with E-state index >= 15 is 0 Å². The van der Waals surface area contributed by atoms with Crippen LogP contribution in [0.1, 0.15) is 50.2 Å². The fourth-order valence-electron chi connectivity index (χ4n) is 1.54. The van der Waals surface area contributed by atoms with E-state index < -0.39 is 5.97 Å². The first kappa shape index (κ1) is 13.5. The van der Waals surface area contributed by atoms with E-state index in [9.17, 15) is 4.79 Å². The maximum absolute atomic E-state index is 11.0. The molecule has 0 aliphatic heterocycles. The second-order valence-electron chi connectivity index (χ2n) is 5.16. The van der Waals surface area contributed by atoms with Crippen LogP contribution in [0.4, 0.5) is 5.82 Å². The van der Waals surface area contributed by atoms with Crippen LogP contribution >= 0.6 is 0 Å². The number of aromatic nitrogens is 1. The lowest BCUT2D eigenvalue weighted by atomic mass is 10.1. The molecule has 0 spiro atoms. The zero-order valence-corrected chi connectivity index (χ0v) is 10.9. The van der Waals surface area contributed by atoms with Gasteiger partial charge in [-0.15, -0.1) is 0 Å². The molecular formula is C13H20N2O2. The molecule has 0 radical (unpaired) electrons. The number of anilines is 1. The van der Waals surface area contributed by atoms with E-state index in [-0.39, 0.29) is 11.1 Å². The minimum absolute atomic E-state index is 0.131. The van der Waals surface area contributed by atoms with Gasteiger partial charge in [0.05, 0.1) is 5.56 Å². The van der Waals surface area contributed by atoms with Gasteiger partial charge in [0.15, 0.2) is 0 Å². The Morgan fingerprint density at radius 2 is 2.06 bits per heavy atom. The molecule has 94 valence electrons. The summed E-state index contributed by atoms with van der Waals surface area (Å²) in [6.45, 7) is 8.09. The standard InChI is InChI=1S/C13H20N2O2/c1-5-6-10-7-9(12(16)17)8-11(14-10)15-13(2,3)4/h7-8H,5-6H2,1-4H3,(H,14,15)(H,16,17). The zero-order valence-electron chi connectivity index (χ0n) is 10.9. The van der Waals surface area contributed by atoms with Crippen LogP contribution < -0.4 is 5.32 Å². The van der Waals surface area contributed by atoms with Gasteiger partial charge in [-0.1, -0.05) is 13.3 Å². The monoisotopic (exact) mass is 236 g/mol. The molecular weight excluding hydrogens is 216 g/mol. The Bertz CT molecular complexity index is 408. The highest BCUT2D eigenvalue weighted by Crippen LogP contribution is 2.16. The molecule has 1 aromatic rings. The van der Waals surface area contributed by atoms with Crippen molar-refractivity contribution in [2.45, 2.75) is 46.1 Å². The predicted molar refractivity (Wildman–Crippen MR) is 68.6 cm³/mol. The number of carbonyl (C=O) groups is 1. The SMILES string of the molecule is CCCc1cc(C(=O)O)cc(NC(C)(C)C)n1. The van der Waals surface area contributed by atoms with Gasteiger partial charge in [0.2, 0.25) is 0 Å². The average Bonchev–Trinajstić information content (AvgIpc) is 2.14. The number of rotatable bonds is 4. The number of carboxylic acids is 1. The Kier molecular flexibility index (Phi) is 4.10. The van der Waals surface area contributed by atoms with E-state index in [2.05, 4.69) is 10.3 Å². The molecule has 0 aliphatic rings. The van der Waals surface area contributed by atoms with Gasteiger partial charge >= 0.3 is 5.97 Å². The van der Waals surface area contributed by atoms with E-state index in [4.69, 9.17) is 5.11 Å². The predicted octanol–water partition coefficient (Wildman–Crippen LogP) is 2.94. The summed E-state index contributed by atoms with van der Waals surface area (Å²) in [6, 6.07) is 3.21. The first-order chi connectivity index (χ1) is 7.81. The van der Waals surface area contributed by atoms with Crippen LogP contribution in [0.15, 0.2) is 12.1 Å². The lowest BCUT2D eigenvalue weighted by Gasteiger charge is -2.22. The molecule has 1 heterocycles. The van der Waals surface area contributed by atoms with Crippen LogP contribution in [0, 0.1) is 0 Å². The smallest absolute Gasteiger partial charge is 0.335 e. The first-order valence-corrected chi connectivity index (χ1v) is 5.84. The fourth-order valence-corrected chi connectivity index (χ4v) is 1.54. The molecule has 0 bridgehead atoms. The average molecular weight is 236 g/mol. The summed E-state index contributed by atoms with van der Waals surface area (Å²) in [6.07, 6.45) is 1.74. The molecule has 1 rings (SSSR count). The molecule has 1 aromatic heterocycles. The summed E-state index contributed by atoms with van der Waals surface area (Å²) in [7, 11) is 0. The van der Waals surface area contributed by atoms with Gasteiger partial charge in [0.25, 0.3) is 0 Å². The molecule has 0 aromatic carbocycles. The van der Waals surface area contributed by atoms with E-state index in [1.165, 1.54) is 0 Å². The topological polar surface area (TPSA) is 62.2 Å². The number of nitrogens with zero attached hydrogens (tertiary/aromatic N) is 1. The molecule has 0 amide bonds. The number of aromatic carboxylic acids is 1. The Labute approximate surface area is 102 Å².